The summed E-state index contributed by atoms with van der Waals surface area (Å²) in [5.41, 5.74) is 1.52. The molecule has 1 unspecified atom stereocenters. The summed E-state index contributed by atoms with van der Waals surface area (Å²) in [7, 11) is 1.82. The van der Waals surface area contributed by atoms with E-state index in [9.17, 15) is 9.59 Å². The number of anilines is 1. The molecule has 0 saturated carbocycles. The highest BCUT2D eigenvalue weighted by Crippen LogP contribution is 2.19. The molecule has 0 radical (unpaired) electrons. The van der Waals surface area contributed by atoms with Crippen molar-refractivity contribution >= 4 is 29.1 Å². The van der Waals surface area contributed by atoms with Gasteiger partial charge in [-0.25, -0.2) is 0 Å². The van der Waals surface area contributed by atoms with Crippen molar-refractivity contribution in [3.8, 4) is 0 Å². The Balaban J connectivity index is 2.50. The number of likely N-dealkylation sites (N-methyl/N-ethyl adjacent to an activating group) is 2. The van der Waals surface area contributed by atoms with Crippen LogP contribution in [0.5, 0.6) is 0 Å². The van der Waals surface area contributed by atoms with Crippen LogP contribution in [0, 0.1) is 0 Å². The zero-order valence-electron chi connectivity index (χ0n) is 14.0. The van der Waals surface area contributed by atoms with Crippen molar-refractivity contribution in [2.45, 2.75) is 13.8 Å². The van der Waals surface area contributed by atoms with Crippen molar-refractivity contribution in [2.75, 3.05) is 38.5 Å². The fourth-order valence-electron chi connectivity index (χ4n) is 2.17. The summed E-state index contributed by atoms with van der Waals surface area (Å²) in [6.45, 7) is 9.29. The fourth-order valence-corrected chi connectivity index (χ4v) is 2.35. The largest absolute Gasteiger partial charge is 0.334 e. The summed E-state index contributed by atoms with van der Waals surface area (Å²) < 4.78 is 0. The first-order valence-corrected chi connectivity index (χ1v) is 7.99. The molecule has 23 heavy (non-hydrogen) atoms. The van der Waals surface area contributed by atoms with E-state index in [0.717, 1.165) is 10.5 Å². The molecular formula is C17H25ClN3O2+. The fraction of sp³-hybridized carbons (Fsp3) is 0.412. The van der Waals surface area contributed by atoms with Crippen molar-refractivity contribution in [3.63, 3.8) is 0 Å². The number of nitrogens with zero attached hydrogens (tertiary/aromatic N) is 1. The smallest absolute Gasteiger partial charge is 0.279 e. The molecule has 1 aromatic rings. The molecule has 0 bridgehead atoms. The average molecular weight is 339 g/mol. The number of hydrogen-bond acceptors (Lipinski definition) is 2. The van der Waals surface area contributed by atoms with E-state index in [1.54, 1.807) is 29.2 Å². The summed E-state index contributed by atoms with van der Waals surface area (Å²) in [4.78, 5) is 26.8. The van der Waals surface area contributed by atoms with Crippen molar-refractivity contribution in [1.82, 2.24) is 4.90 Å². The molecule has 126 valence electrons. The van der Waals surface area contributed by atoms with Crippen LogP contribution in [0.15, 0.2) is 36.4 Å². The molecule has 0 heterocycles. The number of benzene rings is 1. The molecule has 1 rings (SSSR count). The van der Waals surface area contributed by atoms with Gasteiger partial charge in [0.15, 0.2) is 13.1 Å². The summed E-state index contributed by atoms with van der Waals surface area (Å²) in [6, 6.07) is 7.06. The molecule has 2 amide bonds. The minimum Gasteiger partial charge on any atom is -0.334 e. The lowest BCUT2D eigenvalue weighted by Gasteiger charge is -2.22. The number of quaternary nitrogens is 1. The highest BCUT2D eigenvalue weighted by molar-refractivity contribution is 6.33. The van der Waals surface area contributed by atoms with E-state index >= 15 is 0 Å². The number of carbonyl (C=O) groups excluding carboxylic acids is 2. The Labute approximate surface area is 142 Å². The number of para-hydroxylation sites is 1. The standard InChI is InChI=1S/C17H24ClN3O2/c1-5-21(10-13(2)3)17(23)12-20(4)11-16(22)19-15-9-7-6-8-14(15)18/h6-9H,2,5,10-12H2,1,3-4H3,(H,19,22)/p+1. The molecular weight excluding hydrogens is 314 g/mol. The quantitative estimate of drug-likeness (QED) is 0.700. The van der Waals surface area contributed by atoms with Gasteiger partial charge < -0.3 is 15.1 Å². The molecule has 0 aliphatic heterocycles. The Morgan fingerprint density at radius 3 is 2.52 bits per heavy atom. The molecule has 0 spiro atoms. The van der Waals surface area contributed by atoms with Gasteiger partial charge in [-0.3, -0.25) is 9.59 Å². The third-order valence-electron chi connectivity index (χ3n) is 3.26. The second-order valence-corrected chi connectivity index (χ2v) is 6.11. The van der Waals surface area contributed by atoms with E-state index in [2.05, 4.69) is 11.9 Å². The summed E-state index contributed by atoms with van der Waals surface area (Å²) >= 11 is 6.01. The van der Waals surface area contributed by atoms with Crippen LogP contribution in [-0.2, 0) is 9.59 Å². The zero-order valence-corrected chi connectivity index (χ0v) is 14.7. The van der Waals surface area contributed by atoms with Gasteiger partial charge in [0.2, 0.25) is 0 Å². The maximum atomic E-state index is 12.2. The van der Waals surface area contributed by atoms with Gasteiger partial charge in [0, 0.05) is 13.1 Å². The highest BCUT2D eigenvalue weighted by Gasteiger charge is 2.19. The lowest BCUT2D eigenvalue weighted by Crippen LogP contribution is -3.11. The molecule has 0 aliphatic carbocycles. The van der Waals surface area contributed by atoms with Crippen LogP contribution in [0.3, 0.4) is 0 Å². The Kier molecular flexibility index (Phi) is 7.78. The minimum absolute atomic E-state index is 0.0125. The van der Waals surface area contributed by atoms with E-state index < -0.39 is 0 Å². The summed E-state index contributed by atoms with van der Waals surface area (Å²) in [6.07, 6.45) is 0. The van der Waals surface area contributed by atoms with Crippen LogP contribution in [0.1, 0.15) is 13.8 Å². The molecule has 2 N–H and O–H groups in total. The Hall–Kier alpha value is -1.85. The van der Waals surface area contributed by atoms with E-state index in [1.165, 1.54) is 0 Å². The van der Waals surface area contributed by atoms with Crippen LogP contribution < -0.4 is 10.2 Å². The molecule has 6 heteroatoms. The van der Waals surface area contributed by atoms with E-state index in [-0.39, 0.29) is 24.9 Å². The predicted octanol–water partition coefficient (Wildman–Crippen LogP) is 1.22. The van der Waals surface area contributed by atoms with Gasteiger partial charge >= 0.3 is 0 Å². The van der Waals surface area contributed by atoms with Crippen LogP contribution in [-0.4, -0.2) is 49.9 Å². The monoisotopic (exact) mass is 338 g/mol. The first-order valence-electron chi connectivity index (χ1n) is 7.61. The number of hydrogen-bond donors (Lipinski definition) is 2. The number of nitrogens with one attached hydrogen (secondary N) is 2. The molecule has 0 saturated heterocycles. The van der Waals surface area contributed by atoms with Crippen LogP contribution in [0.4, 0.5) is 5.69 Å². The Morgan fingerprint density at radius 2 is 1.96 bits per heavy atom. The van der Waals surface area contributed by atoms with Crippen molar-refractivity contribution in [1.29, 1.82) is 0 Å². The molecule has 0 aromatic heterocycles. The van der Waals surface area contributed by atoms with Crippen molar-refractivity contribution in [3.05, 3.63) is 41.4 Å². The minimum atomic E-state index is -0.175. The maximum absolute atomic E-state index is 12.2. The van der Waals surface area contributed by atoms with Gasteiger partial charge in [-0.2, -0.15) is 0 Å². The second-order valence-electron chi connectivity index (χ2n) is 5.70. The lowest BCUT2D eigenvalue weighted by atomic mass is 10.3. The normalized spacial score (nSPS) is 11.7. The molecule has 0 fully saturated rings. The van der Waals surface area contributed by atoms with Gasteiger partial charge in [0.1, 0.15) is 0 Å². The second kappa shape index (κ2) is 9.33. The van der Waals surface area contributed by atoms with E-state index in [1.807, 2.05) is 20.9 Å². The number of carbonyl (C=O) groups is 2. The van der Waals surface area contributed by atoms with Crippen LogP contribution in [0.2, 0.25) is 5.02 Å². The zero-order chi connectivity index (χ0) is 17.4. The van der Waals surface area contributed by atoms with Crippen LogP contribution in [0.25, 0.3) is 0 Å². The highest BCUT2D eigenvalue weighted by atomic mass is 35.5. The lowest BCUT2D eigenvalue weighted by molar-refractivity contribution is -0.862. The van der Waals surface area contributed by atoms with Gasteiger partial charge in [0.05, 0.1) is 17.8 Å². The van der Waals surface area contributed by atoms with Gasteiger partial charge in [-0.05, 0) is 26.0 Å². The Morgan fingerprint density at radius 1 is 1.30 bits per heavy atom. The third-order valence-corrected chi connectivity index (χ3v) is 3.59. The molecule has 1 atom stereocenters. The molecule has 5 nitrogen and oxygen atoms in total. The first-order chi connectivity index (χ1) is 10.8. The van der Waals surface area contributed by atoms with Gasteiger partial charge in [-0.15, -0.1) is 0 Å². The summed E-state index contributed by atoms with van der Waals surface area (Å²) in [5, 5.41) is 3.25. The summed E-state index contributed by atoms with van der Waals surface area (Å²) in [5.74, 6) is -0.162. The Bertz CT molecular complexity index is 575. The molecule has 1 aromatic carbocycles. The molecule has 0 aliphatic rings. The maximum Gasteiger partial charge on any atom is 0.279 e. The topological polar surface area (TPSA) is 53.9 Å². The number of halogens is 1. The van der Waals surface area contributed by atoms with Gasteiger partial charge in [0.25, 0.3) is 11.8 Å². The number of rotatable bonds is 8. The van der Waals surface area contributed by atoms with Gasteiger partial charge in [-0.1, -0.05) is 35.9 Å². The van der Waals surface area contributed by atoms with Crippen molar-refractivity contribution < 1.29 is 14.5 Å². The average Bonchev–Trinajstić information content (AvgIpc) is 2.46. The van der Waals surface area contributed by atoms with Crippen molar-refractivity contribution in [2.24, 2.45) is 0 Å². The first kappa shape index (κ1) is 19.2. The number of amides is 2. The predicted molar refractivity (Wildman–Crippen MR) is 93.8 cm³/mol. The van der Waals surface area contributed by atoms with Crippen LogP contribution >= 0.6 is 11.6 Å². The SMILES string of the molecule is C=C(C)CN(CC)C(=O)C[NH+](C)CC(=O)Nc1ccccc1Cl. The van der Waals surface area contributed by atoms with E-state index in [0.29, 0.717) is 23.8 Å². The van der Waals surface area contributed by atoms with E-state index in [4.69, 9.17) is 11.6 Å². The third kappa shape index (κ3) is 6.84.